The van der Waals surface area contributed by atoms with Crippen molar-refractivity contribution in [1.29, 1.82) is 0 Å². The van der Waals surface area contributed by atoms with Crippen molar-refractivity contribution in [1.82, 2.24) is 9.97 Å². The highest BCUT2D eigenvalue weighted by atomic mass is 16.3. The Kier molecular flexibility index (Phi) is 1.86. The second-order valence-corrected chi connectivity index (χ2v) is 3.39. The first-order valence-corrected chi connectivity index (χ1v) is 4.84. The smallest absolute Gasteiger partial charge is 0.246 e. The van der Waals surface area contributed by atoms with E-state index in [9.17, 15) is 5.11 Å². The lowest BCUT2D eigenvalue weighted by Crippen LogP contribution is -1.80. The average Bonchev–Trinajstić information content (AvgIpc) is 2.73. The molecule has 2 aromatic heterocycles. The van der Waals surface area contributed by atoms with E-state index in [0.717, 1.165) is 0 Å². The molecule has 0 saturated heterocycles. The number of rotatable bonds is 1. The van der Waals surface area contributed by atoms with E-state index in [1.54, 1.807) is 18.3 Å². The predicted octanol–water partition coefficient (Wildman–Crippen LogP) is 2.60. The maximum absolute atomic E-state index is 9.31. The minimum Gasteiger partial charge on any atom is -0.508 e. The fraction of sp³-hybridized carbons (Fsp3) is 0. The number of hydrogen-bond acceptors (Lipinski definition) is 4. The maximum atomic E-state index is 9.31. The summed E-state index contributed by atoms with van der Waals surface area (Å²) in [5, 5.41) is 9.31. The Morgan fingerprint density at radius 3 is 2.88 bits per heavy atom. The van der Waals surface area contributed by atoms with Crippen molar-refractivity contribution in [3.8, 4) is 17.3 Å². The van der Waals surface area contributed by atoms with Crippen LogP contribution in [0.2, 0.25) is 0 Å². The summed E-state index contributed by atoms with van der Waals surface area (Å²) in [4.78, 5) is 8.43. The van der Waals surface area contributed by atoms with Gasteiger partial charge in [-0.15, -0.1) is 0 Å². The van der Waals surface area contributed by atoms with Crippen LogP contribution in [0.15, 0.2) is 47.0 Å². The molecule has 0 saturated carbocycles. The molecule has 0 amide bonds. The van der Waals surface area contributed by atoms with Crippen LogP contribution in [0.3, 0.4) is 0 Å². The Balaban J connectivity index is 2.19. The van der Waals surface area contributed by atoms with E-state index in [-0.39, 0.29) is 5.75 Å². The molecule has 2 heterocycles. The van der Waals surface area contributed by atoms with E-state index < -0.39 is 0 Å². The van der Waals surface area contributed by atoms with Crippen molar-refractivity contribution >= 4 is 11.1 Å². The van der Waals surface area contributed by atoms with Gasteiger partial charge in [0, 0.05) is 12.3 Å². The SMILES string of the molecule is Oc1ccc2nc(-c3ccccn3)oc2c1. The normalized spacial score (nSPS) is 10.8. The molecule has 0 aliphatic carbocycles. The molecule has 1 N–H and O–H groups in total. The first-order valence-electron chi connectivity index (χ1n) is 4.84. The molecule has 78 valence electrons. The lowest BCUT2D eigenvalue weighted by Gasteiger charge is -1.90. The zero-order valence-corrected chi connectivity index (χ0v) is 8.29. The van der Waals surface area contributed by atoms with Gasteiger partial charge in [0.05, 0.1) is 0 Å². The zero-order chi connectivity index (χ0) is 11.0. The number of fused-ring (bicyclic) bond motifs is 1. The predicted molar refractivity (Wildman–Crippen MR) is 58.9 cm³/mol. The third-order valence-electron chi connectivity index (χ3n) is 2.26. The maximum Gasteiger partial charge on any atom is 0.246 e. The third kappa shape index (κ3) is 1.40. The molecule has 4 heteroatoms. The summed E-state index contributed by atoms with van der Waals surface area (Å²) in [6, 6.07) is 10.3. The molecule has 0 fully saturated rings. The molecule has 4 nitrogen and oxygen atoms in total. The number of nitrogens with zero attached hydrogens (tertiary/aromatic N) is 2. The number of hydrogen-bond donors (Lipinski definition) is 1. The van der Waals surface area contributed by atoms with E-state index in [1.165, 1.54) is 6.07 Å². The van der Waals surface area contributed by atoms with Gasteiger partial charge < -0.3 is 9.52 Å². The highest BCUT2D eigenvalue weighted by Crippen LogP contribution is 2.25. The molecule has 0 spiro atoms. The summed E-state index contributed by atoms with van der Waals surface area (Å²) < 4.78 is 5.50. The molecule has 1 aromatic carbocycles. The summed E-state index contributed by atoms with van der Waals surface area (Å²) >= 11 is 0. The Labute approximate surface area is 91.2 Å². The standard InChI is InChI=1S/C12H8N2O2/c15-8-4-5-9-11(7-8)16-12(14-9)10-3-1-2-6-13-10/h1-7,15H. The first-order chi connectivity index (χ1) is 7.83. The summed E-state index contributed by atoms with van der Waals surface area (Å²) in [6.45, 7) is 0. The fourth-order valence-corrected chi connectivity index (χ4v) is 1.51. The second-order valence-electron chi connectivity index (χ2n) is 3.39. The molecule has 0 aliphatic heterocycles. The topological polar surface area (TPSA) is 59.2 Å². The van der Waals surface area contributed by atoms with E-state index >= 15 is 0 Å². The van der Waals surface area contributed by atoms with Crippen LogP contribution in [0.1, 0.15) is 0 Å². The minimum absolute atomic E-state index is 0.163. The highest BCUT2D eigenvalue weighted by Gasteiger charge is 2.08. The van der Waals surface area contributed by atoms with Gasteiger partial charge >= 0.3 is 0 Å². The Bertz CT molecular complexity index is 632. The van der Waals surface area contributed by atoms with Crippen LogP contribution in [0.25, 0.3) is 22.7 Å². The molecular weight excluding hydrogens is 204 g/mol. The molecular formula is C12H8N2O2. The molecule has 16 heavy (non-hydrogen) atoms. The van der Waals surface area contributed by atoms with E-state index in [1.807, 2.05) is 18.2 Å². The van der Waals surface area contributed by atoms with Crippen molar-refractivity contribution in [3.05, 3.63) is 42.6 Å². The second kappa shape index (κ2) is 3.34. The molecule has 0 atom stereocenters. The van der Waals surface area contributed by atoms with Gasteiger partial charge in [-0.05, 0) is 24.3 Å². The van der Waals surface area contributed by atoms with Crippen molar-refractivity contribution in [2.45, 2.75) is 0 Å². The quantitative estimate of drug-likeness (QED) is 0.673. The number of benzene rings is 1. The summed E-state index contributed by atoms with van der Waals surface area (Å²) in [7, 11) is 0. The van der Waals surface area contributed by atoms with E-state index in [0.29, 0.717) is 22.7 Å². The lowest BCUT2D eigenvalue weighted by molar-refractivity contribution is 0.474. The average molecular weight is 212 g/mol. The van der Waals surface area contributed by atoms with Crippen LogP contribution in [0.5, 0.6) is 5.75 Å². The van der Waals surface area contributed by atoms with E-state index in [2.05, 4.69) is 9.97 Å². The van der Waals surface area contributed by atoms with E-state index in [4.69, 9.17) is 4.42 Å². The van der Waals surface area contributed by atoms with Crippen LogP contribution in [0, 0.1) is 0 Å². The molecule has 0 radical (unpaired) electrons. The van der Waals surface area contributed by atoms with Gasteiger partial charge in [-0.25, -0.2) is 4.98 Å². The Morgan fingerprint density at radius 2 is 2.06 bits per heavy atom. The number of aromatic hydroxyl groups is 1. The number of phenolic OH excluding ortho intramolecular Hbond substituents is 1. The van der Waals surface area contributed by atoms with Crippen LogP contribution in [-0.4, -0.2) is 15.1 Å². The van der Waals surface area contributed by atoms with Crippen LogP contribution in [-0.2, 0) is 0 Å². The summed E-state index contributed by atoms with van der Waals surface area (Å²) in [5.74, 6) is 0.623. The molecule has 0 bridgehead atoms. The molecule has 0 aliphatic rings. The van der Waals surface area contributed by atoms with Crippen LogP contribution in [0.4, 0.5) is 0 Å². The van der Waals surface area contributed by atoms with Gasteiger partial charge in [0.1, 0.15) is 17.0 Å². The van der Waals surface area contributed by atoms with Crippen LogP contribution < -0.4 is 0 Å². The van der Waals surface area contributed by atoms with Gasteiger partial charge in [0.2, 0.25) is 5.89 Å². The Hall–Kier alpha value is -2.36. The van der Waals surface area contributed by atoms with Crippen molar-refractivity contribution < 1.29 is 9.52 Å². The van der Waals surface area contributed by atoms with Crippen molar-refractivity contribution in [2.24, 2.45) is 0 Å². The minimum atomic E-state index is 0.163. The number of pyridine rings is 1. The van der Waals surface area contributed by atoms with Gasteiger partial charge in [-0.2, -0.15) is 0 Å². The highest BCUT2D eigenvalue weighted by molar-refractivity contribution is 5.76. The van der Waals surface area contributed by atoms with Gasteiger partial charge in [-0.3, -0.25) is 4.98 Å². The number of aromatic nitrogens is 2. The summed E-state index contributed by atoms with van der Waals surface area (Å²) in [5.41, 5.74) is 1.94. The third-order valence-corrected chi connectivity index (χ3v) is 2.26. The first kappa shape index (κ1) is 8.91. The fourth-order valence-electron chi connectivity index (χ4n) is 1.51. The monoisotopic (exact) mass is 212 g/mol. The van der Waals surface area contributed by atoms with Crippen LogP contribution >= 0.6 is 0 Å². The number of oxazole rings is 1. The van der Waals surface area contributed by atoms with Crippen molar-refractivity contribution in [3.63, 3.8) is 0 Å². The zero-order valence-electron chi connectivity index (χ0n) is 8.29. The van der Waals surface area contributed by atoms with Gasteiger partial charge in [-0.1, -0.05) is 6.07 Å². The molecule has 3 rings (SSSR count). The van der Waals surface area contributed by atoms with Gasteiger partial charge in [0.25, 0.3) is 0 Å². The van der Waals surface area contributed by atoms with Gasteiger partial charge in [0.15, 0.2) is 5.58 Å². The molecule has 3 aromatic rings. The van der Waals surface area contributed by atoms with Crippen molar-refractivity contribution in [2.75, 3.05) is 0 Å². The Morgan fingerprint density at radius 1 is 1.12 bits per heavy atom. The largest absolute Gasteiger partial charge is 0.508 e. The summed E-state index contributed by atoms with van der Waals surface area (Å²) in [6.07, 6.45) is 1.68. The molecule has 0 unspecified atom stereocenters. The lowest BCUT2D eigenvalue weighted by atomic mass is 10.3. The number of phenols is 1.